The van der Waals surface area contributed by atoms with Gasteiger partial charge in [-0.15, -0.1) is 0 Å². The number of carbonyl (C=O) groups is 4. The number of hydrogen-bond donors (Lipinski definition) is 5. The summed E-state index contributed by atoms with van der Waals surface area (Å²) in [6, 6.07) is 15.1. The average Bonchev–Trinajstić information content (AvgIpc) is 2.84. The van der Waals surface area contributed by atoms with Crippen molar-refractivity contribution in [3.63, 3.8) is 0 Å². The summed E-state index contributed by atoms with van der Waals surface area (Å²) in [5.41, 5.74) is 12.1. The Morgan fingerprint density at radius 1 is 0.794 bits per heavy atom. The highest BCUT2D eigenvalue weighted by atomic mass is 16.2. The number of nitrogens with one attached hydrogen (secondary N) is 3. The van der Waals surface area contributed by atoms with Crippen molar-refractivity contribution in [1.82, 2.24) is 16.0 Å². The van der Waals surface area contributed by atoms with Crippen molar-refractivity contribution in [2.45, 2.75) is 50.7 Å². The minimum Gasteiger partial charge on any atom is -0.368 e. The van der Waals surface area contributed by atoms with Crippen molar-refractivity contribution in [2.75, 3.05) is 6.54 Å². The monoisotopic (exact) mass is 467 g/mol. The smallest absolute Gasteiger partial charge is 0.251 e. The zero-order valence-electron chi connectivity index (χ0n) is 19.3. The minimum absolute atomic E-state index is 0.236. The molecule has 0 saturated carbocycles. The third-order valence-electron chi connectivity index (χ3n) is 5.31. The molecule has 0 saturated heterocycles. The molecule has 3 atom stereocenters. The van der Waals surface area contributed by atoms with Crippen LogP contribution in [0, 0.1) is 0 Å². The van der Waals surface area contributed by atoms with Gasteiger partial charge >= 0.3 is 0 Å². The number of hydrogen-bond acceptors (Lipinski definition) is 5. The molecule has 0 aromatic heterocycles. The van der Waals surface area contributed by atoms with Crippen LogP contribution in [-0.4, -0.2) is 48.3 Å². The molecule has 7 N–H and O–H groups in total. The molecular weight excluding hydrogens is 434 g/mol. The third-order valence-corrected chi connectivity index (χ3v) is 5.31. The van der Waals surface area contributed by atoms with Gasteiger partial charge in [-0.1, -0.05) is 48.5 Å². The summed E-state index contributed by atoms with van der Waals surface area (Å²) in [4.78, 5) is 50.1. The molecule has 0 heterocycles. The lowest BCUT2D eigenvalue weighted by Crippen LogP contribution is -2.56. The first-order valence-corrected chi connectivity index (χ1v) is 11.3. The van der Waals surface area contributed by atoms with Crippen LogP contribution in [0.5, 0.6) is 0 Å². The van der Waals surface area contributed by atoms with Gasteiger partial charge in [-0.3, -0.25) is 19.2 Å². The molecule has 2 aromatic carbocycles. The Morgan fingerprint density at radius 3 is 1.97 bits per heavy atom. The molecule has 34 heavy (non-hydrogen) atoms. The Kier molecular flexibility index (Phi) is 10.7. The zero-order valence-corrected chi connectivity index (χ0v) is 19.3. The van der Waals surface area contributed by atoms with Crippen LogP contribution in [0.4, 0.5) is 0 Å². The lowest BCUT2D eigenvalue weighted by Gasteiger charge is -2.24. The molecule has 182 valence electrons. The summed E-state index contributed by atoms with van der Waals surface area (Å²) in [5, 5.41) is 8.03. The molecule has 0 spiro atoms. The van der Waals surface area contributed by atoms with E-state index in [4.69, 9.17) is 11.5 Å². The summed E-state index contributed by atoms with van der Waals surface area (Å²) in [5.74, 6) is -2.11. The van der Waals surface area contributed by atoms with Crippen molar-refractivity contribution in [3.8, 4) is 0 Å². The van der Waals surface area contributed by atoms with E-state index in [0.717, 1.165) is 5.56 Å². The lowest BCUT2D eigenvalue weighted by atomic mass is 10.0. The van der Waals surface area contributed by atoms with E-state index in [0.29, 0.717) is 31.4 Å². The van der Waals surface area contributed by atoms with Gasteiger partial charge in [0.2, 0.25) is 17.7 Å². The lowest BCUT2D eigenvalue weighted by molar-refractivity contribution is -0.131. The molecule has 0 aliphatic rings. The van der Waals surface area contributed by atoms with Gasteiger partial charge in [-0.05, 0) is 50.4 Å². The molecule has 0 unspecified atom stereocenters. The first-order chi connectivity index (χ1) is 16.3. The van der Waals surface area contributed by atoms with Crippen molar-refractivity contribution < 1.29 is 19.2 Å². The summed E-state index contributed by atoms with van der Waals surface area (Å²) in [6.45, 7) is 1.92. The first kappa shape index (κ1) is 26.5. The summed E-state index contributed by atoms with van der Waals surface area (Å²) in [7, 11) is 0. The Morgan fingerprint density at radius 2 is 1.38 bits per heavy atom. The number of rotatable bonds is 13. The standard InChI is InChI=1S/C25H33N5O4/c1-17(22(27)31)28-24(33)20(14-8-9-15-26)29-25(34)21(16-18-10-4-2-5-11-18)30-23(32)19-12-6-3-7-13-19/h2-7,10-13,17,20-21H,8-9,14-16,26H2,1H3,(H2,27,31)(H,28,33)(H,29,34)(H,30,32)/t17-,20-,21-/m0/s1. The van der Waals surface area contributed by atoms with Crippen LogP contribution in [0.1, 0.15) is 42.1 Å². The van der Waals surface area contributed by atoms with Gasteiger partial charge in [0, 0.05) is 12.0 Å². The fraction of sp³-hybridized carbons (Fsp3) is 0.360. The molecule has 0 aliphatic carbocycles. The molecule has 2 rings (SSSR count). The predicted molar refractivity (Wildman–Crippen MR) is 129 cm³/mol. The molecule has 0 bridgehead atoms. The maximum Gasteiger partial charge on any atom is 0.251 e. The fourth-order valence-corrected chi connectivity index (χ4v) is 3.31. The highest BCUT2D eigenvalue weighted by Gasteiger charge is 2.28. The molecule has 0 fully saturated rings. The molecule has 2 aromatic rings. The number of nitrogens with two attached hydrogens (primary N) is 2. The van der Waals surface area contributed by atoms with E-state index in [-0.39, 0.29) is 6.42 Å². The molecule has 0 radical (unpaired) electrons. The largest absolute Gasteiger partial charge is 0.368 e. The summed E-state index contributed by atoms with van der Waals surface area (Å²) in [6.07, 6.45) is 1.83. The van der Waals surface area contributed by atoms with Crippen LogP contribution >= 0.6 is 0 Å². The highest BCUT2D eigenvalue weighted by molar-refractivity contribution is 5.98. The van der Waals surface area contributed by atoms with E-state index in [1.165, 1.54) is 6.92 Å². The maximum atomic E-state index is 13.3. The van der Waals surface area contributed by atoms with E-state index in [1.54, 1.807) is 30.3 Å². The Labute approximate surface area is 199 Å². The number of unbranched alkanes of at least 4 members (excludes halogenated alkanes) is 1. The van der Waals surface area contributed by atoms with Crippen LogP contribution in [0.15, 0.2) is 60.7 Å². The zero-order chi connectivity index (χ0) is 24.9. The van der Waals surface area contributed by atoms with E-state index in [1.807, 2.05) is 30.3 Å². The SMILES string of the molecule is C[C@H](NC(=O)[C@H](CCCCN)NC(=O)[C@H](Cc1ccccc1)NC(=O)c1ccccc1)C(N)=O. The number of primary amides is 1. The Hall–Kier alpha value is -3.72. The Bertz CT molecular complexity index is 952. The maximum absolute atomic E-state index is 13.3. The molecule has 4 amide bonds. The quantitative estimate of drug-likeness (QED) is 0.273. The van der Waals surface area contributed by atoms with Gasteiger partial charge in [0.25, 0.3) is 5.91 Å². The van der Waals surface area contributed by atoms with Crippen molar-refractivity contribution in [1.29, 1.82) is 0 Å². The summed E-state index contributed by atoms with van der Waals surface area (Å²) >= 11 is 0. The topological polar surface area (TPSA) is 156 Å². The van der Waals surface area contributed by atoms with E-state index in [9.17, 15) is 19.2 Å². The number of amides is 4. The normalized spacial score (nSPS) is 13.2. The van der Waals surface area contributed by atoms with Gasteiger partial charge < -0.3 is 27.4 Å². The second-order valence-electron chi connectivity index (χ2n) is 8.06. The van der Waals surface area contributed by atoms with E-state index < -0.39 is 41.8 Å². The van der Waals surface area contributed by atoms with Crippen LogP contribution < -0.4 is 27.4 Å². The van der Waals surface area contributed by atoms with Gasteiger partial charge in [-0.25, -0.2) is 0 Å². The number of carbonyl (C=O) groups excluding carboxylic acids is 4. The van der Waals surface area contributed by atoms with Crippen LogP contribution in [0.25, 0.3) is 0 Å². The average molecular weight is 468 g/mol. The second kappa shape index (κ2) is 13.7. The first-order valence-electron chi connectivity index (χ1n) is 11.3. The molecule has 9 nitrogen and oxygen atoms in total. The third kappa shape index (κ3) is 8.67. The predicted octanol–water partition coefficient (Wildman–Crippen LogP) is 0.632. The minimum atomic E-state index is -0.923. The summed E-state index contributed by atoms with van der Waals surface area (Å²) < 4.78 is 0. The van der Waals surface area contributed by atoms with E-state index >= 15 is 0 Å². The van der Waals surface area contributed by atoms with Gasteiger partial charge in [-0.2, -0.15) is 0 Å². The van der Waals surface area contributed by atoms with Crippen molar-refractivity contribution in [3.05, 3.63) is 71.8 Å². The molecular formula is C25H33N5O4. The van der Waals surface area contributed by atoms with Crippen molar-refractivity contribution >= 4 is 23.6 Å². The highest BCUT2D eigenvalue weighted by Crippen LogP contribution is 2.08. The fourth-order valence-electron chi connectivity index (χ4n) is 3.31. The second-order valence-corrected chi connectivity index (χ2v) is 8.06. The van der Waals surface area contributed by atoms with Crippen LogP contribution in [0.3, 0.4) is 0 Å². The van der Waals surface area contributed by atoms with Crippen LogP contribution in [-0.2, 0) is 20.8 Å². The van der Waals surface area contributed by atoms with Gasteiger partial charge in [0.05, 0.1) is 0 Å². The Balaban J connectivity index is 2.19. The van der Waals surface area contributed by atoms with Gasteiger partial charge in [0.1, 0.15) is 18.1 Å². The van der Waals surface area contributed by atoms with E-state index in [2.05, 4.69) is 16.0 Å². The van der Waals surface area contributed by atoms with Crippen LogP contribution in [0.2, 0.25) is 0 Å². The molecule has 9 heteroatoms. The molecule has 0 aliphatic heterocycles. The van der Waals surface area contributed by atoms with Gasteiger partial charge in [0.15, 0.2) is 0 Å². The number of benzene rings is 2. The van der Waals surface area contributed by atoms with Crippen molar-refractivity contribution in [2.24, 2.45) is 11.5 Å².